The normalized spacial score (nSPS) is 8.42. The van der Waals surface area contributed by atoms with E-state index in [1.165, 1.54) is 0 Å². The highest BCUT2D eigenvalue weighted by atomic mass is 16.3. The third-order valence-corrected chi connectivity index (χ3v) is 1.48. The number of hydrogen-bond donors (Lipinski definition) is 1. The second-order valence-corrected chi connectivity index (χ2v) is 2.39. The minimum Gasteiger partial charge on any atom is -0.508 e. The summed E-state index contributed by atoms with van der Waals surface area (Å²) in [5.41, 5.74) is 1.63. The quantitative estimate of drug-likeness (QED) is 0.458. The number of carbonyl (C=O) groups is 1. The number of hydrogen-bond acceptors (Lipinski definition) is 2. The van der Waals surface area contributed by atoms with Crippen LogP contribution in [0.15, 0.2) is 18.2 Å². The molecular weight excluding hydrogens is 152 g/mol. The summed E-state index contributed by atoms with van der Waals surface area (Å²) in [5.74, 6) is 5.19. The molecule has 0 aromatic heterocycles. The van der Waals surface area contributed by atoms with Crippen LogP contribution in [-0.4, -0.2) is 11.4 Å². The highest BCUT2D eigenvalue weighted by Gasteiger charge is 1.94. The van der Waals surface area contributed by atoms with Crippen LogP contribution in [0.3, 0.4) is 0 Å². The molecule has 2 heteroatoms. The average Bonchev–Trinajstić information content (AvgIpc) is 2.03. The lowest BCUT2D eigenvalue weighted by Crippen LogP contribution is -1.80. The maximum absolute atomic E-state index is 9.93. The second kappa shape index (κ2) is 3.59. The zero-order valence-electron chi connectivity index (χ0n) is 6.66. The maximum Gasteiger partial charge on any atom is 0.193 e. The summed E-state index contributed by atoms with van der Waals surface area (Å²) in [5, 5.41) is 9.05. The molecule has 0 atom stereocenters. The second-order valence-electron chi connectivity index (χ2n) is 2.39. The Morgan fingerprint density at radius 3 is 2.83 bits per heavy atom. The van der Waals surface area contributed by atoms with Crippen molar-refractivity contribution in [3.05, 3.63) is 29.3 Å². The largest absolute Gasteiger partial charge is 0.508 e. The number of benzene rings is 1. The standard InChI is InChI=1S/C10H8O2/c1-8-7-10(12)5-4-9(8)3-2-6-11/h4-7,12H,1H3. The van der Waals surface area contributed by atoms with Crippen molar-refractivity contribution >= 4 is 6.29 Å². The van der Waals surface area contributed by atoms with Crippen molar-refractivity contribution in [2.24, 2.45) is 0 Å². The molecule has 60 valence electrons. The number of carbonyl (C=O) groups excluding carboxylic acids is 1. The van der Waals surface area contributed by atoms with Gasteiger partial charge < -0.3 is 5.11 Å². The van der Waals surface area contributed by atoms with Gasteiger partial charge in [0, 0.05) is 5.56 Å². The molecule has 12 heavy (non-hydrogen) atoms. The first-order chi connectivity index (χ1) is 5.74. The lowest BCUT2D eigenvalue weighted by atomic mass is 10.1. The molecule has 1 aromatic carbocycles. The number of aldehydes is 1. The summed E-state index contributed by atoms with van der Waals surface area (Å²) in [6.07, 6.45) is 0.548. The van der Waals surface area contributed by atoms with Crippen LogP contribution in [0.2, 0.25) is 0 Å². The van der Waals surface area contributed by atoms with E-state index >= 15 is 0 Å². The molecule has 0 unspecified atom stereocenters. The Labute approximate surface area is 70.8 Å². The minimum absolute atomic E-state index is 0.212. The number of phenols is 1. The van der Waals surface area contributed by atoms with E-state index in [2.05, 4.69) is 11.8 Å². The average molecular weight is 160 g/mol. The summed E-state index contributed by atoms with van der Waals surface area (Å²) in [4.78, 5) is 9.93. The molecule has 0 aliphatic heterocycles. The molecule has 1 aromatic rings. The van der Waals surface area contributed by atoms with Crippen molar-refractivity contribution in [3.8, 4) is 17.6 Å². The zero-order chi connectivity index (χ0) is 8.97. The molecule has 0 fully saturated rings. The van der Waals surface area contributed by atoms with Crippen molar-refractivity contribution in [2.45, 2.75) is 6.92 Å². The smallest absolute Gasteiger partial charge is 0.193 e. The molecule has 0 aliphatic rings. The first kappa shape index (κ1) is 8.35. The van der Waals surface area contributed by atoms with Crippen molar-refractivity contribution < 1.29 is 9.90 Å². The van der Waals surface area contributed by atoms with Gasteiger partial charge in [0.25, 0.3) is 0 Å². The van der Waals surface area contributed by atoms with Crippen molar-refractivity contribution in [1.29, 1.82) is 0 Å². The topological polar surface area (TPSA) is 37.3 Å². The summed E-state index contributed by atoms with van der Waals surface area (Å²) >= 11 is 0. The number of phenolic OH excluding ortho intramolecular Hbond substituents is 1. The molecule has 0 amide bonds. The Balaban J connectivity index is 3.09. The highest BCUT2D eigenvalue weighted by Crippen LogP contribution is 2.14. The van der Waals surface area contributed by atoms with Crippen LogP contribution in [0.25, 0.3) is 0 Å². The van der Waals surface area contributed by atoms with Gasteiger partial charge in [-0.1, -0.05) is 5.92 Å². The Morgan fingerprint density at radius 2 is 2.25 bits per heavy atom. The number of rotatable bonds is 0. The van der Waals surface area contributed by atoms with E-state index in [9.17, 15) is 4.79 Å². The van der Waals surface area contributed by atoms with Crippen LogP contribution in [0.1, 0.15) is 11.1 Å². The van der Waals surface area contributed by atoms with Gasteiger partial charge in [-0.3, -0.25) is 4.79 Å². The number of aromatic hydroxyl groups is 1. The minimum atomic E-state index is 0.212. The van der Waals surface area contributed by atoms with Crippen LogP contribution >= 0.6 is 0 Å². The lowest BCUT2D eigenvalue weighted by Gasteiger charge is -1.97. The zero-order valence-corrected chi connectivity index (χ0v) is 6.66. The van der Waals surface area contributed by atoms with Gasteiger partial charge in [0.05, 0.1) is 0 Å². The number of aryl methyl sites for hydroxylation is 1. The monoisotopic (exact) mass is 160 g/mol. The molecule has 1 N–H and O–H groups in total. The predicted molar refractivity (Wildman–Crippen MR) is 45.8 cm³/mol. The Morgan fingerprint density at radius 1 is 1.50 bits per heavy atom. The van der Waals surface area contributed by atoms with E-state index in [0.717, 1.165) is 11.1 Å². The summed E-state index contributed by atoms with van der Waals surface area (Å²) in [6, 6.07) is 4.83. The molecular formula is C10H8O2. The van der Waals surface area contributed by atoms with E-state index in [1.54, 1.807) is 18.2 Å². The molecule has 0 bridgehead atoms. The van der Waals surface area contributed by atoms with E-state index in [4.69, 9.17) is 5.11 Å². The molecule has 2 nitrogen and oxygen atoms in total. The summed E-state index contributed by atoms with van der Waals surface area (Å²) < 4.78 is 0. The van der Waals surface area contributed by atoms with Crippen LogP contribution in [0.5, 0.6) is 5.75 Å². The van der Waals surface area contributed by atoms with Crippen LogP contribution < -0.4 is 0 Å². The molecule has 0 radical (unpaired) electrons. The Kier molecular flexibility index (Phi) is 2.49. The first-order valence-electron chi connectivity index (χ1n) is 3.49. The Bertz CT molecular complexity index is 356. The van der Waals surface area contributed by atoms with Crippen molar-refractivity contribution in [2.75, 3.05) is 0 Å². The SMILES string of the molecule is Cc1cc(O)ccc1C#CC=O. The van der Waals surface area contributed by atoms with Crippen molar-refractivity contribution in [1.82, 2.24) is 0 Å². The van der Waals surface area contributed by atoms with Gasteiger partial charge in [-0.05, 0) is 36.6 Å². The predicted octanol–water partition coefficient (Wildman–Crippen LogP) is 1.25. The van der Waals surface area contributed by atoms with E-state index in [0.29, 0.717) is 6.29 Å². The van der Waals surface area contributed by atoms with Crippen LogP contribution in [-0.2, 0) is 4.79 Å². The molecule has 0 spiro atoms. The van der Waals surface area contributed by atoms with Gasteiger partial charge in [0.1, 0.15) is 5.75 Å². The van der Waals surface area contributed by atoms with E-state index in [1.807, 2.05) is 6.92 Å². The molecule has 0 heterocycles. The van der Waals surface area contributed by atoms with Crippen LogP contribution in [0, 0.1) is 18.8 Å². The lowest BCUT2D eigenvalue weighted by molar-refractivity contribution is -0.103. The van der Waals surface area contributed by atoms with E-state index < -0.39 is 0 Å². The highest BCUT2D eigenvalue weighted by molar-refractivity contribution is 5.74. The summed E-state index contributed by atoms with van der Waals surface area (Å²) in [6.45, 7) is 1.83. The molecule has 1 rings (SSSR count). The summed E-state index contributed by atoms with van der Waals surface area (Å²) in [7, 11) is 0. The fourth-order valence-corrected chi connectivity index (χ4v) is 0.895. The maximum atomic E-state index is 9.93. The fourth-order valence-electron chi connectivity index (χ4n) is 0.895. The van der Waals surface area contributed by atoms with Gasteiger partial charge in [-0.15, -0.1) is 0 Å². The Hall–Kier alpha value is -1.75. The molecule has 0 saturated heterocycles. The molecule has 0 aliphatic carbocycles. The van der Waals surface area contributed by atoms with Gasteiger partial charge in [0.15, 0.2) is 6.29 Å². The molecule has 0 saturated carbocycles. The van der Waals surface area contributed by atoms with Crippen LogP contribution in [0.4, 0.5) is 0 Å². The van der Waals surface area contributed by atoms with Gasteiger partial charge in [-0.25, -0.2) is 0 Å². The third-order valence-electron chi connectivity index (χ3n) is 1.48. The van der Waals surface area contributed by atoms with Gasteiger partial charge in [-0.2, -0.15) is 0 Å². The van der Waals surface area contributed by atoms with Crippen molar-refractivity contribution in [3.63, 3.8) is 0 Å². The third kappa shape index (κ3) is 1.86. The van der Waals surface area contributed by atoms with Gasteiger partial charge in [0.2, 0.25) is 0 Å². The van der Waals surface area contributed by atoms with E-state index in [-0.39, 0.29) is 5.75 Å². The fraction of sp³-hybridized carbons (Fsp3) is 0.100. The first-order valence-corrected chi connectivity index (χ1v) is 3.49. The van der Waals surface area contributed by atoms with Gasteiger partial charge >= 0.3 is 0 Å².